The smallest absolute Gasteiger partial charge is 0.272 e. The predicted molar refractivity (Wildman–Crippen MR) is 105 cm³/mol. The van der Waals surface area contributed by atoms with Gasteiger partial charge in [0.1, 0.15) is 12.1 Å². The molecule has 1 aliphatic heterocycles. The van der Waals surface area contributed by atoms with Crippen molar-refractivity contribution in [2.24, 2.45) is 7.05 Å². The van der Waals surface area contributed by atoms with E-state index < -0.39 is 0 Å². The van der Waals surface area contributed by atoms with Gasteiger partial charge >= 0.3 is 0 Å². The van der Waals surface area contributed by atoms with Crippen LogP contribution in [0.5, 0.6) is 0 Å². The molecular formula is C20H22FN7O2. The number of halogens is 1. The molecule has 0 spiro atoms. The van der Waals surface area contributed by atoms with E-state index in [0.29, 0.717) is 36.6 Å². The quantitative estimate of drug-likeness (QED) is 0.658. The topological polar surface area (TPSA) is 109 Å². The van der Waals surface area contributed by atoms with Crippen LogP contribution in [0.25, 0.3) is 0 Å². The first-order valence-corrected chi connectivity index (χ1v) is 9.66. The molecule has 0 fully saturated rings. The van der Waals surface area contributed by atoms with Crippen molar-refractivity contribution in [3.05, 3.63) is 64.7 Å². The molecule has 4 rings (SSSR count). The summed E-state index contributed by atoms with van der Waals surface area (Å²) >= 11 is 0. The van der Waals surface area contributed by atoms with Crippen LogP contribution in [0, 0.1) is 5.82 Å². The minimum atomic E-state index is -0.388. The highest BCUT2D eigenvalue weighted by Crippen LogP contribution is 2.22. The SMILES string of the molecule is CC(NC(=O)c1n[nH]c2c1CCN(C(=O)Cc1ccccc1F)C2)c1nncn1C. The van der Waals surface area contributed by atoms with E-state index in [0.717, 1.165) is 11.3 Å². The molecule has 10 heteroatoms. The molecule has 1 aliphatic rings. The Balaban J connectivity index is 1.43. The Morgan fingerprint density at radius 2 is 2.13 bits per heavy atom. The molecule has 2 aromatic heterocycles. The van der Waals surface area contributed by atoms with Crippen LogP contribution in [0.4, 0.5) is 4.39 Å². The fourth-order valence-corrected chi connectivity index (χ4v) is 3.65. The van der Waals surface area contributed by atoms with E-state index in [1.165, 1.54) is 6.07 Å². The number of amides is 2. The van der Waals surface area contributed by atoms with Crippen molar-refractivity contribution in [1.29, 1.82) is 0 Å². The van der Waals surface area contributed by atoms with E-state index in [1.807, 2.05) is 6.92 Å². The summed E-state index contributed by atoms with van der Waals surface area (Å²) in [6.45, 7) is 2.57. The Morgan fingerprint density at radius 1 is 1.33 bits per heavy atom. The average Bonchev–Trinajstić information content (AvgIpc) is 3.35. The zero-order chi connectivity index (χ0) is 21.3. The highest BCUT2D eigenvalue weighted by molar-refractivity contribution is 5.94. The molecule has 1 unspecified atom stereocenters. The average molecular weight is 411 g/mol. The number of hydrogen-bond donors (Lipinski definition) is 2. The molecule has 0 saturated carbocycles. The van der Waals surface area contributed by atoms with Crippen molar-refractivity contribution in [3.8, 4) is 0 Å². The number of H-pyrrole nitrogens is 1. The first-order chi connectivity index (χ1) is 14.4. The van der Waals surface area contributed by atoms with E-state index in [2.05, 4.69) is 25.7 Å². The third kappa shape index (κ3) is 3.80. The maximum Gasteiger partial charge on any atom is 0.272 e. The number of carbonyl (C=O) groups is 2. The summed E-state index contributed by atoms with van der Waals surface area (Å²) in [5, 5.41) is 17.8. The maximum absolute atomic E-state index is 13.8. The summed E-state index contributed by atoms with van der Waals surface area (Å²) in [6.07, 6.45) is 2.07. The molecule has 1 atom stereocenters. The highest BCUT2D eigenvalue weighted by atomic mass is 19.1. The Kier molecular flexibility index (Phi) is 5.30. The van der Waals surface area contributed by atoms with Gasteiger partial charge in [-0.25, -0.2) is 4.39 Å². The van der Waals surface area contributed by atoms with Gasteiger partial charge in [0, 0.05) is 19.2 Å². The van der Waals surface area contributed by atoms with Crippen LogP contribution in [-0.4, -0.2) is 48.2 Å². The number of aryl methyl sites for hydroxylation is 1. The number of benzene rings is 1. The Labute approximate surface area is 172 Å². The number of fused-ring (bicyclic) bond motifs is 1. The molecule has 0 bridgehead atoms. The summed E-state index contributed by atoms with van der Waals surface area (Å²) in [5.74, 6) is -0.227. The van der Waals surface area contributed by atoms with Gasteiger partial charge in [0.2, 0.25) is 5.91 Å². The minimum Gasteiger partial charge on any atom is -0.341 e. The van der Waals surface area contributed by atoms with E-state index >= 15 is 0 Å². The van der Waals surface area contributed by atoms with E-state index in [-0.39, 0.29) is 30.1 Å². The largest absolute Gasteiger partial charge is 0.341 e. The van der Waals surface area contributed by atoms with Gasteiger partial charge in [-0.1, -0.05) is 18.2 Å². The molecule has 3 aromatic rings. The third-order valence-electron chi connectivity index (χ3n) is 5.28. The molecule has 2 N–H and O–H groups in total. The van der Waals surface area contributed by atoms with Gasteiger partial charge in [0.05, 0.1) is 24.7 Å². The molecule has 2 amide bonds. The second-order valence-electron chi connectivity index (χ2n) is 7.36. The maximum atomic E-state index is 13.8. The lowest BCUT2D eigenvalue weighted by atomic mass is 10.0. The molecule has 3 heterocycles. The summed E-state index contributed by atoms with van der Waals surface area (Å²) in [7, 11) is 1.81. The van der Waals surface area contributed by atoms with Gasteiger partial charge in [0.15, 0.2) is 11.5 Å². The highest BCUT2D eigenvalue weighted by Gasteiger charge is 2.28. The van der Waals surface area contributed by atoms with Crippen LogP contribution >= 0.6 is 0 Å². The van der Waals surface area contributed by atoms with Crippen LogP contribution in [-0.2, 0) is 31.2 Å². The second-order valence-corrected chi connectivity index (χ2v) is 7.36. The minimum absolute atomic E-state index is 0.00129. The Morgan fingerprint density at radius 3 is 2.87 bits per heavy atom. The molecule has 0 aliphatic carbocycles. The first-order valence-electron chi connectivity index (χ1n) is 9.66. The zero-order valence-corrected chi connectivity index (χ0v) is 16.7. The lowest BCUT2D eigenvalue weighted by molar-refractivity contribution is -0.131. The standard InChI is InChI=1S/C20H22FN7O2/c1-12(19-26-22-11-27(19)2)23-20(30)18-14-7-8-28(10-16(14)24-25-18)17(29)9-13-5-3-4-6-15(13)21/h3-6,11-12H,7-10H2,1-2H3,(H,23,30)(H,24,25). The second kappa shape index (κ2) is 8.05. The number of nitrogens with zero attached hydrogens (tertiary/aromatic N) is 5. The first kappa shape index (κ1) is 19.7. The van der Waals surface area contributed by atoms with Crippen LogP contribution in [0.1, 0.15) is 46.1 Å². The normalized spacial score (nSPS) is 14.3. The van der Waals surface area contributed by atoms with Crippen LogP contribution in [0.3, 0.4) is 0 Å². The van der Waals surface area contributed by atoms with E-state index in [9.17, 15) is 14.0 Å². The predicted octanol–water partition coefficient (Wildman–Crippen LogP) is 1.30. The molecule has 156 valence electrons. The monoisotopic (exact) mass is 411 g/mol. The zero-order valence-electron chi connectivity index (χ0n) is 16.7. The van der Waals surface area contributed by atoms with E-state index in [1.54, 1.807) is 41.0 Å². The Hall–Kier alpha value is -3.56. The molecule has 0 saturated heterocycles. The fraction of sp³-hybridized carbons (Fsp3) is 0.350. The van der Waals surface area contributed by atoms with Gasteiger partial charge in [-0.3, -0.25) is 14.7 Å². The summed E-state index contributed by atoms with van der Waals surface area (Å²) in [6, 6.07) is 5.93. The lowest BCUT2D eigenvalue weighted by Crippen LogP contribution is -2.37. The van der Waals surface area contributed by atoms with Gasteiger partial charge < -0.3 is 14.8 Å². The number of nitrogens with one attached hydrogen (secondary N) is 2. The third-order valence-corrected chi connectivity index (χ3v) is 5.28. The van der Waals surface area contributed by atoms with Crippen molar-refractivity contribution in [2.45, 2.75) is 32.4 Å². The van der Waals surface area contributed by atoms with Crippen molar-refractivity contribution in [3.63, 3.8) is 0 Å². The number of aromatic nitrogens is 5. The van der Waals surface area contributed by atoms with Crippen LogP contribution < -0.4 is 5.32 Å². The number of carbonyl (C=O) groups excluding carboxylic acids is 2. The Bertz CT molecular complexity index is 1090. The van der Waals surface area contributed by atoms with Gasteiger partial charge in [-0.05, 0) is 25.0 Å². The van der Waals surface area contributed by atoms with Crippen molar-refractivity contribution < 1.29 is 14.0 Å². The van der Waals surface area contributed by atoms with Gasteiger partial charge in [0.25, 0.3) is 5.91 Å². The fourth-order valence-electron chi connectivity index (χ4n) is 3.65. The summed E-state index contributed by atoms with van der Waals surface area (Å²) in [4.78, 5) is 27.0. The van der Waals surface area contributed by atoms with Crippen molar-refractivity contribution in [1.82, 2.24) is 35.2 Å². The lowest BCUT2D eigenvalue weighted by Gasteiger charge is -2.27. The summed E-state index contributed by atoms with van der Waals surface area (Å²) in [5.41, 5.74) is 2.21. The van der Waals surface area contributed by atoms with Gasteiger partial charge in [-0.15, -0.1) is 10.2 Å². The molecule has 30 heavy (non-hydrogen) atoms. The van der Waals surface area contributed by atoms with Crippen molar-refractivity contribution >= 4 is 11.8 Å². The molecular weight excluding hydrogens is 389 g/mol. The van der Waals surface area contributed by atoms with Crippen LogP contribution in [0.2, 0.25) is 0 Å². The van der Waals surface area contributed by atoms with E-state index in [4.69, 9.17) is 0 Å². The number of hydrogen-bond acceptors (Lipinski definition) is 5. The summed E-state index contributed by atoms with van der Waals surface area (Å²) < 4.78 is 15.6. The number of rotatable bonds is 5. The molecule has 9 nitrogen and oxygen atoms in total. The number of aromatic amines is 1. The van der Waals surface area contributed by atoms with Gasteiger partial charge in [-0.2, -0.15) is 5.10 Å². The molecule has 0 radical (unpaired) electrons. The van der Waals surface area contributed by atoms with Crippen molar-refractivity contribution in [2.75, 3.05) is 6.54 Å². The molecule has 1 aromatic carbocycles. The van der Waals surface area contributed by atoms with Crippen LogP contribution in [0.15, 0.2) is 30.6 Å².